The van der Waals surface area contributed by atoms with Gasteiger partial charge in [0.05, 0.1) is 12.3 Å². The number of rotatable bonds is 3. The predicted molar refractivity (Wildman–Crippen MR) is 67.6 cm³/mol. The SMILES string of the molecule is OCc1cccnc1Nc1ccccc1Br. The Morgan fingerprint density at radius 3 is 2.75 bits per heavy atom. The van der Waals surface area contributed by atoms with Crippen LogP contribution in [-0.2, 0) is 6.61 Å². The smallest absolute Gasteiger partial charge is 0.135 e. The Bertz CT molecular complexity index is 488. The maximum absolute atomic E-state index is 9.17. The molecule has 0 atom stereocenters. The minimum atomic E-state index is -0.0272. The summed E-state index contributed by atoms with van der Waals surface area (Å²) in [5, 5.41) is 12.3. The number of pyridine rings is 1. The van der Waals surface area contributed by atoms with Crippen LogP contribution < -0.4 is 5.32 Å². The lowest BCUT2D eigenvalue weighted by Gasteiger charge is -2.10. The van der Waals surface area contributed by atoms with Gasteiger partial charge in [-0.25, -0.2) is 4.98 Å². The highest BCUT2D eigenvalue weighted by Gasteiger charge is 2.04. The number of aliphatic hydroxyl groups is 1. The molecule has 82 valence electrons. The van der Waals surface area contributed by atoms with Gasteiger partial charge in [0.25, 0.3) is 0 Å². The third-order valence-electron chi connectivity index (χ3n) is 2.19. The Hall–Kier alpha value is -1.39. The Labute approximate surface area is 102 Å². The van der Waals surface area contributed by atoms with Gasteiger partial charge in [-0.3, -0.25) is 0 Å². The van der Waals surface area contributed by atoms with E-state index in [1.807, 2.05) is 30.3 Å². The van der Waals surface area contributed by atoms with E-state index in [2.05, 4.69) is 26.2 Å². The minimum Gasteiger partial charge on any atom is -0.392 e. The fourth-order valence-corrected chi connectivity index (χ4v) is 1.75. The van der Waals surface area contributed by atoms with Gasteiger partial charge in [-0.1, -0.05) is 18.2 Å². The van der Waals surface area contributed by atoms with E-state index in [1.54, 1.807) is 12.3 Å². The molecule has 0 spiro atoms. The number of nitrogens with one attached hydrogen (secondary N) is 1. The van der Waals surface area contributed by atoms with Gasteiger partial charge in [0.15, 0.2) is 0 Å². The van der Waals surface area contributed by atoms with Gasteiger partial charge < -0.3 is 10.4 Å². The van der Waals surface area contributed by atoms with Gasteiger partial charge in [0, 0.05) is 16.2 Å². The van der Waals surface area contributed by atoms with E-state index in [4.69, 9.17) is 0 Å². The average molecular weight is 279 g/mol. The molecule has 0 radical (unpaired) electrons. The highest BCUT2D eigenvalue weighted by Crippen LogP contribution is 2.25. The summed E-state index contributed by atoms with van der Waals surface area (Å²) in [6.45, 7) is -0.0272. The first-order valence-electron chi connectivity index (χ1n) is 4.87. The highest BCUT2D eigenvalue weighted by molar-refractivity contribution is 9.10. The minimum absolute atomic E-state index is 0.0272. The molecule has 0 aliphatic rings. The van der Waals surface area contributed by atoms with E-state index in [0.717, 1.165) is 15.7 Å². The number of hydrogen-bond acceptors (Lipinski definition) is 3. The maximum atomic E-state index is 9.17. The second-order valence-electron chi connectivity index (χ2n) is 3.27. The number of para-hydroxylation sites is 1. The molecule has 0 aliphatic heterocycles. The molecule has 16 heavy (non-hydrogen) atoms. The number of anilines is 2. The van der Waals surface area contributed by atoms with Gasteiger partial charge in [0.2, 0.25) is 0 Å². The Balaban J connectivity index is 2.30. The van der Waals surface area contributed by atoms with E-state index >= 15 is 0 Å². The molecule has 2 rings (SSSR count). The fourth-order valence-electron chi connectivity index (χ4n) is 1.37. The Morgan fingerprint density at radius 2 is 2.00 bits per heavy atom. The second-order valence-corrected chi connectivity index (χ2v) is 4.13. The normalized spacial score (nSPS) is 10.1. The first kappa shape index (κ1) is 11.1. The van der Waals surface area contributed by atoms with Crippen LogP contribution in [0.3, 0.4) is 0 Å². The van der Waals surface area contributed by atoms with Crippen LogP contribution in [0, 0.1) is 0 Å². The summed E-state index contributed by atoms with van der Waals surface area (Å²) in [5.41, 5.74) is 1.70. The molecule has 4 heteroatoms. The van der Waals surface area contributed by atoms with E-state index < -0.39 is 0 Å². The number of aliphatic hydroxyl groups excluding tert-OH is 1. The van der Waals surface area contributed by atoms with Gasteiger partial charge in [0.1, 0.15) is 5.82 Å². The van der Waals surface area contributed by atoms with Crippen molar-refractivity contribution in [2.24, 2.45) is 0 Å². The standard InChI is InChI=1S/C12H11BrN2O/c13-10-5-1-2-6-11(10)15-12-9(8-16)4-3-7-14-12/h1-7,16H,8H2,(H,14,15). The maximum Gasteiger partial charge on any atom is 0.135 e. The quantitative estimate of drug-likeness (QED) is 0.907. The van der Waals surface area contributed by atoms with Crippen LogP contribution in [0.15, 0.2) is 47.1 Å². The molecule has 0 fully saturated rings. The molecule has 0 saturated carbocycles. The largest absolute Gasteiger partial charge is 0.392 e. The number of benzene rings is 1. The van der Waals surface area contributed by atoms with E-state index in [0.29, 0.717) is 5.82 Å². The molecule has 0 aliphatic carbocycles. The van der Waals surface area contributed by atoms with Crippen molar-refractivity contribution in [3.63, 3.8) is 0 Å². The zero-order valence-corrected chi connectivity index (χ0v) is 10.1. The molecule has 0 unspecified atom stereocenters. The first-order valence-corrected chi connectivity index (χ1v) is 5.67. The van der Waals surface area contributed by atoms with E-state index in [-0.39, 0.29) is 6.61 Å². The van der Waals surface area contributed by atoms with Crippen LogP contribution >= 0.6 is 15.9 Å². The van der Waals surface area contributed by atoms with Crippen molar-refractivity contribution >= 4 is 27.4 Å². The van der Waals surface area contributed by atoms with Crippen LogP contribution in [0.4, 0.5) is 11.5 Å². The van der Waals surface area contributed by atoms with Crippen molar-refractivity contribution in [1.82, 2.24) is 4.98 Å². The Kier molecular flexibility index (Phi) is 3.54. The lowest BCUT2D eigenvalue weighted by molar-refractivity contribution is 0.282. The number of nitrogens with zero attached hydrogens (tertiary/aromatic N) is 1. The Morgan fingerprint density at radius 1 is 1.19 bits per heavy atom. The molecule has 2 N–H and O–H groups in total. The van der Waals surface area contributed by atoms with Gasteiger partial charge in [-0.15, -0.1) is 0 Å². The summed E-state index contributed by atoms with van der Waals surface area (Å²) in [6, 6.07) is 11.4. The number of halogens is 1. The van der Waals surface area contributed by atoms with Gasteiger partial charge in [-0.05, 0) is 34.1 Å². The van der Waals surface area contributed by atoms with Gasteiger partial charge >= 0.3 is 0 Å². The lowest BCUT2D eigenvalue weighted by atomic mass is 10.2. The molecule has 1 heterocycles. The summed E-state index contributed by atoms with van der Waals surface area (Å²) in [7, 11) is 0. The van der Waals surface area contributed by atoms with E-state index in [1.165, 1.54) is 0 Å². The van der Waals surface area contributed by atoms with Crippen molar-refractivity contribution in [2.45, 2.75) is 6.61 Å². The van der Waals surface area contributed by atoms with Crippen molar-refractivity contribution in [3.8, 4) is 0 Å². The summed E-state index contributed by atoms with van der Waals surface area (Å²) in [6.07, 6.45) is 1.69. The summed E-state index contributed by atoms with van der Waals surface area (Å²) in [4.78, 5) is 4.19. The molecule has 0 saturated heterocycles. The predicted octanol–water partition coefficient (Wildman–Crippen LogP) is 3.08. The van der Waals surface area contributed by atoms with Crippen LogP contribution in [0.1, 0.15) is 5.56 Å². The van der Waals surface area contributed by atoms with Crippen molar-refractivity contribution in [3.05, 3.63) is 52.6 Å². The van der Waals surface area contributed by atoms with E-state index in [9.17, 15) is 5.11 Å². The van der Waals surface area contributed by atoms with Crippen LogP contribution in [0.5, 0.6) is 0 Å². The topological polar surface area (TPSA) is 45.2 Å². The second kappa shape index (κ2) is 5.09. The zero-order valence-electron chi connectivity index (χ0n) is 8.52. The average Bonchev–Trinajstić information content (AvgIpc) is 2.33. The molecule has 3 nitrogen and oxygen atoms in total. The zero-order chi connectivity index (χ0) is 11.4. The third-order valence-corrected chi connectivity index (χ3v) is 2.88. The van der Waals surface area contributed by atoms with Crippen LogP contribution in [0.25, 0.3) is 0 Å². The number of hydrogen-bond donors (Lipinski definition) is 2. The van der Waals surface area contributed by atoms with Crippen LogP contribution in [-0.4, -0.2) is 10.1 Å². The monoisotopic (exact) mass is 278 g/mol. The fraction of sp³-hybridized carbons (Fsp3) is 0.0833. The van der Waals surface area contributed by atoms with Gasteiger partial charge in [-0.2, -0.15) is 0 Å². The summed E-state index contributed by atoms with van der Waals surface area (Å²) >= 11 is 3.45. The molecular weight excluding hydrogens is 268 g/mol. The van der Waals surface area contributed by atoms with Crippen LogP contribution in [0.2, 0.25) is 0 Å². The summed E-state index contributed by atoms with van der Waals surface area (Å²) in [5.74, 6) is 0.678. The van der Waals surface area contributed by atoms with Crippen molar-refractivity contribution in [2.75, 3.05) is 5.32 Å². The first-order chi connectivity index (χ1) is 7.81. The molecule has 1 aromatic carbocycles. The van der Waals surface area contributed by atoms with Crippen molar-refractivity contribution < 1.29 is 5.11 Å². The third kappa shape index (κ3) is 2.40. The highest BCUT2D eigenvalue weighted by atomic mass is 79.9. The lowest BCUT2D eigenvalue weighted by Crippen LogP contribution is -1.99. The molecule has 1 aromatic heterocycles. The van der Waals surface area contributed by atoms with Crippen molar-refractivity contribution in [1.29, 1.82) is 0 Å². The number of aromatic nitrogens is 1. The summed E-state index contributed by atoms with van der Waals surface area (Å²) < 4.78 is 0.963. The molecule has 0 amide bonds. The molecule has 2 aromatic rings. The molecular formula is C12H11BrN2O. The molecule has 0 bridgehead atoms.